The average molecular weight is 216 g/mol. The van der Waals surface area contributed by atoms with Crippen LogP contribution in [0.15, 0.2) is 34.7 Å². The normalized spacial score (nSPS) is 12.8. The molecule has 0 saturated carbocycles. The quantitative estimate of drug-likeness (QED) is 0.835. The summed E-state index contributed by atoms with van der Waals surface area (Å²) >= 11 is 0. The third-order valence-electron chi connectivity index (χ3n) is 2.86. The molecule has 0 aliphatic rings. The van der Waals surface area contributed by atoms with E-state index in [1.54, 1.807) is 0 Å². The van der Waals surface area contributed by atoms with Crippen LogP contribution in [0.2, 0.25) is 0 Å². The average Bonchev–Trinajstić information content (AvgIpc) is 2.58. The van der Waals surface area contributed by atoms with Crippen molar-refractivity contribution in [2.45, 2.75) is 26.9 Å². The van der Waals surface area contributed by atoms with Gasteiger partial charge >= 0.3 is 0 Å². The van der Waals surface area contributed by atoms with Crippen LogP contribution in [-0.2, 0) is 0 Å². The SMILES string of the molecule is Cc1cc(C(O)c2ccccc2C)c(C)o1. The van der Waals surface area contributed by atoms with Crippen molar-refractivity contribution in [2.24, 2.45) is 0 Å². The van der Waals surface area contributed by atoms with Gasteiger partial charge in [-0.25, -0.2) is 0 Å². The van der Waals surface area contributed by atoms with Crippen molar-refractivity contribution in [3.63, 3.8) is 0 Å². The second-order valence-electron chi connectivity index (χ2n) is 4.13. The first kappa shape index (κ1) is 11.0. The number of hydrogen-bond acceptors (Lipinski definition) is 2. The molecule has 2 aromatic rings. The largest absolute Gasteiger partial charge is 0.466 e. The van der Waals surface area contributed by atoms with Crippen LogP contribution in [0.4, 0.5) is 0 Å². The highest BCUT2D eigenvalue weighted by Gasteiger charge is 2.17. The molecule has 0 aliphatic heterocycles. The van der Waals surface area contributed by atoms with E-state index in [1.165, 1.54) is 0 Å². The number of benzene rings is 1. The van der Waals surface area contributed by atoms with E-state index in [9.17, 15) is 5.11 Å². The molecule has 1 unspecified atom stereocenters. The smallest absolute Gasteiger partial charge is 0.108 e. The Bertz CT molecular complexity index is 497. The van der Waals surface area contributed by atoms with Crippen LogP contribution in [0.1, 0.15) is 34.3 Å². The molecule has 0 aliphatic carbocycles. The van der Waals surface area contributed by atoms with Crippen LogP contribution in [0.25, 0.3) is 0 Å². The first-order valence-electron chi connectivity index (χ1n) is 5.40. The molecule has 0 bridgehead atoms. The zero-order chi connectivity index (χ0) is 11.7. The van der Waals surface area contributed by atoms with Crippen LogP contribution in [0.5, 0.6) is 0 Å². The Kier molecular flexibility index (Phi) is 2.84. The van der Waals surface area contributed by atoms with Crippen molar-refractivity contribution in [3.05, 3.63) is 58.5 Å². The summed E-state index contributed by atoms with van der Waals surface area (Å²) in [7, 11) is 0. The van der Waals surface area contributed by atoms with E-state index in [2.05, 4.69) is 0 Å². The summed E-state index contributed by atoms with van der Waals surface area (Å²) in [5.74, 6) is 1.62. The van der Waals surface area contributed by atoms with E-state index in [-0.39, 0.29) is 0 Å². The number of aliphatic hydroxyl groups excluding tert-OH is 1. The predicted molar refractivity (Wildman–Crippen MR) is 63.4 cm³/mol. The molecule has 2 nitrogen and oxygen atoms in total. The van der Waals surface area contributed by atoms with Crippen molar-refractivity contribution in [3.8, 4) is 0 Å². The lowest BCUT2D eigenvalue weighted by Gasteiger charge is -2.12. The van der Waals surface area contributed by atoms with Gasteiger partial charge in [0, 0.05) is 5.56 Å². The zero-order valence-corrected chi connectivity index (χ0v) is 9.82. The molecule has 0 amide bonds. The fourth-order valence-electron chi connectivity index (χ4n) is 1.98. The van der Waals surface area contributed by atoms with Crippen molar-refractivity contribution in [1.82, 2.24) is 0 Å². The van der Waals surface area contributed by atoms with E-state index < -0.39 is 6.10 Å². The summed E-state index contributed by atoms with van der Waals surface area (Å²) in [5.41, 5.74) is 2.88. The summed E-state index contributed by atoms with van der Waals surface area (Å²) in [4.78, 5) is 0. The van der Waals surface area contributed by atoms with E-state index in [0.29, 0.717) is 0 Å². The molecule has 1 heterocycles. The van der Waals surface area contributed by atoms with Crippen LogP contribution >= 0.6 is 0 Å². The number of hydrogen-bond donors (Lipinski definition) is 1. The van der Waals surface area contributed by atoms with E-state index >= 15 is 0 Å². The van der Waals surface area contributed by atoms with Crippen molar-refractivity contribution in [1.29, 1.82) is 0 Å². The highest BCUT2D eigenvalue weighted by atomic mass is 16.3. The molecule has 2 rings (SSSR count). The maximum atomic E-state index is 10.3. The first-order chi connectivity index (χ1) is 7.59. The monoisotopic (exact) mass is 216 g/mol. The van der Waals surface area contributed by atoms with Crippen molar-refractivity contribution < 1.29 is 9.52 Å². The Hall–Kier alpha value is -1.54. The van der Waals surface area contributed by atoms with Gasteiger partial charge in [0.05, 0.1) is 0 Å². The Morgan fingerprint density at radius 3 is 2.31 bits per heavy atom. The van der Waals surface area contributed by atoms with Gasteiger partial charge in [-0.3, -0.25) is 0 Å². The number of aliphatic hydroxyl groups is 1. The maximum Gasteiger partial charge on any atom is 0.108 e. The minimum absolute atomic E-state index is 0.598. The van der Waals surface area contributed by atoms with Gasteiger partial charge < -0.3 is 9.52 Å². The van der Waals surface area contributed by atoms with Crippen LogP contribution < -0.4 is 0 Å². The van der Waals surface area contributed by atoms with E-state index in [0.717, 1.165) is 28.2 Å². The Morgan fingerprint density at radius 1 is 1.06 bits per heavy atom. The first-order valence-corrected chi connectivity index (χ1v) is 5.40. The minimum Gasteiger partial charge on any atom is -0.466 e. The highest BCUT2D eigenvalue weighted by Crippen LogP contribution is 2.28. The molecule has 2 heteroatoms. The lowest BCUT2D eigenvalue weighted by molar-refractivity contribution is 0.217. The molecule has 0 fully saturated rings. The number of aryl methyl sites for hydroxylation is 3. The Balaban J connectivity index is 2.43. The molecular formula is C14H16O2. The van der Waals surface area contributed by atoms with Crippen LogP contribution in [0.3, 0.4) is 0 Å². The predicted octanol–water partition coefficient (Wildman–Crippen LogP) is 3.29. The lowest BCUT2D eigenvalue weighted by atomic mass is 9.98. The van der Waals surface area contributed by atoms with Gasteiger partial charge in [-0.2, -0.15) is 0 Å². The maximum absolute atomic E-state index is 10.3. The minimum atomic E-state index is -0.598. The summed E-state index contributed by atoms with van der Waals surface area (Å²) in [5, 5.41) is 10.3. The Morgan fingerprint density at radius 2 is 1.75 bits per heavy atom. The van der Waals surface area contributed by atoms with Crippen LogP contribution in [-0.4, -0.2) is 5.11 Å². The molecule has 84 valence electrons. The number of furan rings is 1. The molecule has 0 spiro atoms. The molecule has 0 saturated heterocycles. The molecule has 16 heavy (non-hydrogen) atoms. The van der Waals surface area contributed by atoms with Gasteiger partial charge in [0.2, 0.25) is 0 Å². The third kappa shape index (κ3) is 1.89. The second-order valence-corrected chi connectivity index (χ2v) is 4.13. The zero-order valence-electron chi connectivity index (χ0n) is 9.82. The molecular weight excluding hydrogens is 200 g/mol. The Labute approximate surface area is 95.5 Å². The summed E-state index contributed by atoms with van der Waals surface area (Å²) in [6.07, 6.45) is -0.598. The molecule has 0 radical (unpaired) electrons. The van der Waals surface area contributed by atoms with Crippen molar-refractivity contribution in [2.75, 3.05) is 0 Å². The van der Waals surface area contributed by atoms with E-state index in [1.807, 2.05) is 51.1 Å². The standard InChI is InChI=1S/C14H16O2/c1-9-6-4-5-7-12(9)14(15)13-8-10(2)16-11(13)3/h4-8,14-15H,1-3H3. The molecule has 1 atom stereocenters. The fraction of sp³-hybridized carbons (Fsp3) is 0.286. The number of rotatable bonds is 2. The summed E-state index contributed by atoms with van der Waals surface area (Å²) in [6, 6.07) is 9.75. The van der Waals surface area contributed by atoms with Crippen molar-refractivity contribution >= 4 is 0 Å². The second kappa shape index (κ2) is 4.14. The topological polar surface area (TPSA) is 33.4 Å². The van der Waals surface area contributed by atoms with Gasteiger partial charge in [0.15, 0.2) is 0 Å². The van der Waals surface area contributed by atoms with Gasteiger partial charge in [-0.05, 0) is 38.0 Å². The van der Waals surface area contributed by atoms with Gasteiger partial charge in [-0.15, -0.1) is 0 Å². The lowest BCUT2D eigenvalue weighted by Crippen LogP contribution is -2.01. The molecule has 1 N–H and O–H groups in total. The van der Waals surface area contributed by atoms with Gasteiger partial charge in [-0.1, -0.05) is 24.3 Å². The molecule has 1 aromatic heterocycles. The fourth-order valence-corrected chi connectivity index (χ4v) is 1.98. The van der Waals surface area contributed by atoms with Gasteiger partial charge in [0.1, 0.15) is 17.6 Å². The third-order valence-corrected chi connectivity index (χ3v) is 2.86. The summed E-state index contributed by atoms with van der Waals surface area (Å²) < 4.78 is 5.44. The van der Waals surface area contributed by atoms with E-state index in [4.69, 9.17) is 4.42 Å². The highest BCUT2D eigenvalue weighted by molar-refractivity contribution is 5.36. The summed E-state index contributed by atoms with van der Waals surface area (Å²) in [6.45, 7) is 5.77. The van der Waals surface area contributed by atoms with Crippen LogP contribution in [0, 0.1) is 20.8 Å². The molecule has 1 aromatic carbocycles. The van der Waals surface area contributed by atoms with Gasteiger partial charge in [0.25, 0.3) is 0 Å².